The van der Waals surface area contributed by atoms with Gasteiger partial charge < -0.3 is 4.74 Å². The Morgan fingerprint density at radius 1 is 0.906 bits per heavy atom. The minimum absolute atomic E-state index is 0.0955. The van der Waals surface area contributed by atoms with Gasteiger partial charge in [-0.2, -0.15) is 0 Å². The Bertz CT molecular complexity index is 1490. The maximum absolute atomic E-state index is 13.4. The van der Waals surface area contributed by atoms with Gasteiger partial charge in [0, 0.05) is 11.3 Å². The van der Waals surface area contributed by atoms with Crippen molar-refractivity contribution in [1.82, 2.24) is 19.2 Å². The number of methoxy groups -OCH3 is 1. The normalized spacial score (nSPS) is 11.3. The lowest BCUT2D eigenvalue weighted by Gasteiger charge is -2.13. The van der Waals surface area contributed by atoms with E-state index in [1.54, 1.807) is 23.4 Å². The quantitative estimate of drug-likeness (QED) is 0.357. The molecule has 3 aromatic carbocycles. The number of fused-ring (bicyclic) bond motifs is 3. The zero-order valence-electron chi connectivity index (χ0n) is 17.9. The van der Waals surface area contributed by atoms with E-state index in [9.17, 15) is 4.79 Å². The average molecular weight is 443 g/mol. The van der Waals surface area contributed by atoms with Gasteiger partial charge in [0.2, 0.25) is 5.78 Å². The number of aryl methyl sites for hydroxylation is 1. The summed E-state index contributed by atoms with van der Waals surface area (Å²) in [6, 6.07) is 23.6. The molecule has 2 heterocycles. The fraction of sp³-hybridized carbons (Fsp3) is 0.160. The SMILES string of the molecule is COc1ccccc1Cn1c(=O)c2ccccc2n2c(SCc3ccccc3C)nnc12. The topological polar surface area (TPSA) is 61.4 Å². The van der Waals surface area contributed by atoms with E-state index >= 15 is 0 Å². The fourth-order valence-electron chi connectivity index (χ4n) is 3.89. The molecule has 7 heteroatoms. The molecule has 5 rings (SSSR count). The van der Waals surface area contributed by atoms with Crippen molar-refractivity contribution in [2.45, 2.75) is 24.4 Å². The van der Waals surface area contributed by atoms with Crippen molar-refractivity contribution in [1.29, 1.82) is 0 Å². The van der Waals surface area contributed by atoms with Crippen LogP contribution in [-0.4, -0.2) is 26.3 Å². The molecule has 0 fully saturated rings. The van der Waals surface area contributed by atoms with Gasteiger partial charge in [-0.25, -0.2) is 0 Å². The third-order valence-corrected chi connectivity index (χ3v) is 6.59. The summed E-state index contributed by atoms with van der Waals surface area (Å²) in [4.78, 5) is 13.4. The molecule has 0 spiro atoms. The first kappa shape index (κ1) is 20.3. The molecule has 0 aliphatic carbocycles. The van der Waals surface area contributed by atoms with Crippen LogP contribution >= 0.6 is 11.8 Å². The van der Waals surface area contributed by atoms with Gasteiger partial charge in [-0.3, -0.25) is 13.8 Å². The molecule has 5 aromatic rings. The lowest BCUT2D eigenvalue weighted by Crippen LogP contribution is -2.24. The first-order chi connectivity index (χ1) is 15.7. The van der Waals surface area contributed by atoms with Crippen molar-refractivity contribution < 1.29 is 4.74 Å². The number of nitrogens with zero attached hydrogens (tertiary/aromatic N) is 4. The highest BCUT2D eigenvalue weighted by atomic mass is 32.2. The van der Waals surface area contributed by atoms with Gasteiger partial charge in [0.15, 0.2) is 5.16 Å². The second-order valence-corrected chi connectivity index (χ2v) is 8.50. The molecule has 0 saturated heterocycles. The van der Waals surface area contributed by atoms with Gasteiger partial charge in [-0.1, -0.05) is 66.4 Å². The van der Waals surface area contributed by atoms with Gasteiger partial charge in [-0.15, -0.1) is 10.2 Å². The highest BCUT2D eigenvalue weighted by molar-refractivity contribution is 7.98. The van der Waals surface area contributed by atoms with Crippen LogP contribution in [0.4, 0.5) is 0 Å². The molecule has 0 aliphatic rings. The molecule has 2 aromatic heterocycles. The summed E-state index contributed by atoms with van der Waals surface area (Å²) in [5.41, 5.74) is 4.11. The Labute approximate surface area is 189 Å². The van der Waals surface area contributed by atoms with Crippen molar-refractivity contribution in [3.63, 3.8) is 0 Å². The zero-order chi connectivity index (χ0) is 22.1. The van der Waals surface area contributed by atoms with Crippen molar-refractivity contribution in [2.75, 3.05) is 7.11 Å². The second-order valence-electron chi connectivity index (χ2n) is 7.55. The first-order valence-electron chi connectivity index (χ1n) is 10.3. The van der Waals surface area contributed by atoms with E-state index in [1.165, 1.54) is 11.1 Å². The van der Waals surface area contributed by atoms with E-state index in [0.29, 0.717) is 17.7 Å². The number of hydrogen-bond acceptors (Lipinski definition) is 5. The highest BCUT2D eigenvalue weighted by Gasteiger charge is 2.18. The maximum atomic E-state index is 13.4. The number of ether oxygens (including phenoxy) is 1. The molecule has 0 unspecified atom stereocenters. The number of para-hydroxylation sites is 2. The summed E-state index contributed by atoms with van der Waals surface area (Å²) in [5, 5.41) is 10.3. The standard InChI is InChI=1S/C25H22N4O2S/c1-17-9-3-4-11-19(17)16-32-25-27-26-24-28(15-18-10-5-8-14-22(18)31-2)23(30)20-12-6-7-13-21(20)29(24)25/h3-14H,15-16H2,1-2H3. The summed E-state index contributed by atoms with van der Waals surface area (Å²) in [6.07, 6.45) is 0. The van der Waals surface area contributed by atoms with Gasteiger partial charge in [-0.05, 0) is 36.2 Å². The molecular formula is C25H22N4O2S. The largest absolute Gasteiger partial charge is 0.496 e. The lowest BCUT2D eigenvalue weighted by atomic mass is 10.1. The molecule has 0 bridgehead atoms. The second kappa shape index (κ2) is 8.51. The Balaban J connectivity index is 1.65. The average Bonchev–Trinajstić information content (AvgIpc) is 3.25. The van der Waals surface area contributed by atoms with Crippen LogP contribution in [0.25, 0.3) is 16.7 Å². The third-order valence-electron chi connectivity index (χ3n) is 5.62. The summed E-state index contributed by atoms with van der Waals surface area (Å²) >= 11 is 1.62. The minimum Gasteiger partial charge on any atom is -0.496 e. The lowest BCUT2D eigenvalue weighted by molar-refractivity contribution is 0.408. The molecule has 0 atom stereocenters. The summed E-state index contributed by atoms with van der Waals surface area (Å²) in [6.45, 7) is 2.45. The van der Waals surface area contributed by atoms with E-state index in [2.05, 4.69) is 29.3 Å². The Morgan fingerprint density at radius 3 is 2.44 bits per heavy atom. The van der Waals surface area contributed by atoms with E-state index in [0.717, 1.165) is 27.7 Å². The summed E-state index contributed by atoms with van der Waals surface area (Å²) < 4.78 is 9.15. The van der Waals surface area contributed by atoms with Crippen LogP contribution in [0.2, 0.25) is 0 Å². The predicted molar refractivity (Wildman–Crippen MR) is 128 cm³/mol. The smallest absolute Gasteiger partial charge is 0.263 e. The predicted octanol–water partition coefficient (Wildman–Crippen LogP) is 4.70. The van der Waals surface area contributed by atoms with E-state index in [4.69, 9.17) is 4.74 Å². The molecule has 0 amide bonds. The van der Waals surface area contributed by atoms with Gasteiger partial charge in [0.1, 0.15) is 5.75 Å². The van der Waals surface area contributed by atoms with Gasteiger partial charge in [0.05, 0.1) is 24.6 Å². The molecule has 0 saturated carbocycles. The van der Waals surface area contributed by atoms with Crippen LogP contribution in [0, 0.1) is 6.92 Å². The Morgan fingerprint density at radius 2 is 1.62 bits per heavy atom. The Kier molecular flexibility index (Phi) is 5.41. The third kappa shape index (κ3) is 3.54. The van der Waals surface area contributed by atoms with Crippen LogP contribution < -0.4 is 10.3 Å². The van der Waals surface area contributed by atoms with E-state index < -0.39 is 0 Å². The molecule has 6 nitrogen and oxygen atoms in total. The van der Waals surface area contributed by atoms with Crippen molar-refractivity contribution in [3.05, 3.63) is 99.8 Å². The van der Waals surface area contributed by atoms with Crippen molar-refractivity contribution in [2.24, 2.45) is 0 Å². The highest BCUT2D eigenvalue weighted by Crippen LogP contribution is 2.26. The molecule has 0 radical (unpaired) electrons. The molecular weight excluding hydrogens is 420 g/mol. The number of benzene rings is 3. The first-order valence-corrected chi connectivity index (χ1v) is 11.3. The molecule has 32 heavy (non-hydrogen) atoms. The van der Waals surface area contributed by atoms with Gasteiger partial charge >= 0.3 is 0 Å². The van der Waals surface area contributed by atoms with Crippen LogP contribution in [0.5, 0.6) is 5.75 Å². The molecule has 160 valence electrons. The summed E-state index contributed by atoms with van der Waals surface area (Å²) in [7, 11) is 1.63. The number of rotatable bonds is 6. The number of aromatic nitrogens is 4. The van der Waals surface area contributed by atoms with Gasteiger partial charge in [0.25, 0.3) is 5.56 Å². The molecule has 0 aliphatic heterocycles. The number of hydrogen-bond donors (Lipinski definition) is 0. The van der Waals surface area contributed by atoms with Crippen molar-refractivity contribution in [3.8, 4) is 5.75 Å². The van der Waals surface area contributed by atoms with Crippen LogP contribution in [0.1, 0.15) is 16.7 Å². The summed E-state index contributed by atoms with van der Waals surface area (Å²) in [5.74, 6) is 2.03. The van der Waals surface area contributed by atoms with E-state index in [1.807, 2.05) is 65.1 Å². The van der Waals surface area contributed by atoms with Crippen LogP contribution in [0.3, 0.4) is 0 Å². The van der Waals surface area contributed by atoms with E-state index in [-0.39, 0.29) is 5.56 Å². The maximum Gasteiger partial charge on any atom is 0.263 e. The zero-order valence-corrected chi connectivity index (χ0v) is 18.7. The minimum atomic E-state index is -0.0955. The number of thioether (sulfide) groups is 1. The van der Waals surface area contributed by atoms with Crippen LogP contribution in [-0.2, 0) is 12.3 Å². The Hall–Kier alpha value is -3.58. The van der Waals surface area contributed by atoms with Crippen molar-refractivity contribution >= 4 is 28.4 Å². The van der Waals surface area contributed by atoms with Crippen LogP contribution in [0.15, 0.2) is 82.7 Å². The monoisotopic (exact) mass is 442 g/mol. The fourth-order valence-corrected chi connectivity index (χ4v) is 4.90. The molecule has 0 N–H and O–H groups in total.